The van der Waals surface area contributed by atoms with Gasteiger partial charge in [0.1, 0.15) is 0 Å². The van der Waals surface area contributed by atoms with Gasteiger partial charge < -0.3 is 10.0 Å². The molecule has 1 aliphatic rings. The number of allylic oxidation sites excluding steroid dienone is 1. The number of nitrogens with zero attached hydrogens (tertiary/aromatic N) is 1. The number of carbonyl (C=O) groups is 2. The number of hydrogen-bond donors (Lipinski definition) is 1. The van der Waals surface area contributed by atoms with Gasteiger partial charge in [0.15, 0.2) is 11.5 Å². The summed E-state index contributed by atoms with van der Waals surface area (Å²) in [4.78, 5) is 28.0. The third-order valence-corrected chi connectivity index (χ3v) is 7.66. The van der Waals surface area contributed by atoms with Crippen molar-refractivity contribution in [1.82, 2.24) is 4.90 Å². The Bertz CT molecular complexity index is 1060. The van der Waals surface area contributed by atoms with Crippen molar-refractivity contribution in [2.24, 2.45) is 0 Å². The fourth-order valence-corrected chi connectivity index (χ4v) is 5.42. The van der Waals surface area contributed by atoms with Gasteiger partial charge in [0.2, 0.25) is 0 Å². The summed E-state index contributed by atoms with van der Waals surface area (Å²) in [6.07, 6.45) is 21.0. The van der Waals surface area contributed by atoms with Crippen LogP contribution in [0.25, 0.3) is 6.08 Å². The van der Waals surface area contributed by atoms with Crippen LogP contribution in [-0.4, -0.2) is 28.2 Å². The van der Waals surface area contributed by atoms with E-state index in [1.54, 1.807) is 11.0 Å². The Balaban J connectivity index is 1.46. The van der Waals surface area contributed by atoms with Crippen molar-refractivity contribution >= 4 is 17.8 Å². The van der Waals surface area contributed by atoms with Crippen molar-refractivity contribution in [3.63, 3.8) is 0 Å². The first-order valence-corrected chi connectivity index (χ1v) is 15.2. The molecule has 39 heavy (non-hydrogen) atoms. The van der Waals surface area contributed by atoms with E-state index in [-0.39, 0.29) is 11.4 Å². The minimum atomic E-state index is -0.561. The van der Waals surface area contributed by atoms with Gasteiger partial charge >= 0.3 is 0 Å². The Hall–Kier alpha value is -3.14. The molecule has 0 saturated heterocycles. The zero-order valence-corrected chi connectivity index (χ0v) is 23.8. The third-order valence-electron chi connectivity index (χ3n) is 7.66. The highest BCUT2D eigenvalue weighted by Crippen LogP contribution is 2.38. The summed E-state index contributed by atoms with van der Waals surface area (Å²) in [5.74, 6) is -1.20. The first-order valence-electron chi connectivity index (χ1n) is 15.2. The molecule has 1 atom stereocenters. The molecule has 2 aromatic rings. The largest absolute Gasteiger partial charge is 0.503 e. The lowest BCUT2D eigenvalue weighted by Gasteiger charge is -2.26. The number of unbranched alkanes of at least 4 members (excludes halogenated alkanes) is 13. The van der Waals surface area contributed by atoms with E-state index in [1.165, 1.54) is 76.7 Å². The molecular weight excluding hydrogens is 482 g/mol. The van der Waals surface area contributed by atoms with Crippen LogP contribution in [-0.2, 0) is 9.59 Å². The van der Waals surface area contributed by atoms with E-state index in [0.29, 0.717) is 6.54 Å². The van der Waals surface area contributed by atoms with Gasteiger partial charge in [-0.15, -0.1) is 0 Å². The lowest BCUT2D eigenvalue weighted by atomic mass is 9.95. The number of aliphatic hydroxyl groups is 1. The summed E-state index contributed by atoms with van der Waals surface area (Å²) in [5.41, 5.74) is 1.91. The van der Waals surface area contributed by atoms with Gasteiger partial charge in [0, 0.05) is 6.54 Å². The van der Waals surface area contributed by atoms with E-state index >= 15 is 0 Å². The van der Waals surface area contributed by atoms with Crippen LogP contribution in [0.3, 0.4) is 0 Å². The molecule has 0 aliphatic carbocycles. The molecule has 1 heterocycles. The van der Waals surface area contributed by atoms with Gasteiger partial charge in [0.05, 0.1) is 11.6 Å². The van der Waals surface area contributed by atoms with Crippen LogP contribution in [0, 0.1) is 0 Å². The maximum atomic E-state index is 13.2. The van der Waals surface area contributed by atoms with E-state index in [4.69, 9.17) is 0 Å². The standard InChI is InChI=1S/C35H47NO3/c1-2-3-4-5-6-7-8-9-10-11-12-13-14-21-28-36-33(30-24-19-16-20-25-30)32(34(38)35(36)39)31(37)27-26-29-22-17-15-18-23-29/h15-20,22-27,33,38H,2-14,21,28H2,1H3/b27-26+/t33-/m1/s1. The lowest BCUT2D eigenvalue weighted by molar-refractivity contribution is -0.129. The van der Waals surface area contributed by atoms with Crippen molar-refractivity contribution in [1.29, 1.82) is 0 Å². The Labute approximate surface area is 235 Å². The number of carbonyl (C=O) groups excluding carboxylic acids is 2. The van der Waals surface area contributed by atoms with Gasteiger partial charge in [-0.2, -0.15) is 0 Å². The normalized spacial score (nSPS) is 15.6. The van der Waals surface area contributed by atoms with Crippen molar-refractivity contribution in [3.05, 3.63) is 89.2 Å². The molecule has 0 spiro atoms. The second kappa shape index (κ2) is 17.4. The van der Waals surface area contributed by atoms with Crippen LogP contribution in [0.2, 0.25) is 0 Å². The summed E-state index contributed by atoms with van der Waals surface area (Å²) in [5, 5.41) is 10.8. The summed E-state index contributed by atoms with van der Waals surface area (Å²) < 4.78 is 0. The van der Waals surface area contributed by atoms with Crippen LogP contribution < -0.4 is 0 Å². The van der Waals surface area contributed by atoms with Gasteiger partial charge in [-0.3, -0.25) is 9.59 Å². The number of amides is 1. The topological polar surface area (TPSA) is 57.6 Å². The molecule has 1 amide bonds. The van der Waals surface area contributed by atoms with E-state index < -0.39 is 17.7 Å². The summed E-state index contributed by atoms with van der Waals surface area (Å²) >= 11 is 0. The predicted octanol–water partition coefficient (Wildman–Crippen LogP) is 9.15. The second-order valence-corrected chi connectivity index (χ2v) is 10.8. The zero-order valence-electron chi connectivity index (χ0n) is 23.8. The van der Waals surface area contributed by atoms with Gasteiger partial charge in [-0.1, -0.05) is 157 Å². The quantitative estimate of drug-likeness (QED) is 0.146. The fraction of sp³-hybridized carbons (Fsp3) is 0.486. The van der Waals surface area contributed by atoms with Crippen LogP contribution in [0.1, 0.15) is 114 Å². The van der Waals surface area contributed by atoms with Crippen molar-refractivity contribution in [2.75, 3.05) is 6.54 Å². The van der Waals surface area contributed by atoms with Gasteiger partial charge in [-0.25, -0.2) is 0 Å². The smallest absolute Gasteiger partial charge is 0.290 e. The number of aliphatic hydroxyl groups excluding tert-OH is 1. The Morgan fingerprint density at radius 3 is 1.77 bits per heavy atom. The average Bonchev–Trinajstić information content (AvgIpc) is 3.22. The highest BCUT2D eigenvalue weighted by molar-refractivity contribution is 6.14. The highest BCUT2D eigenvalue weighted by Gasteiger charge is 2.42. The molecule has 0 radical (unpaired) electrons. The van der Waals surface area contributed by atoms with E-state index in [1.807, 2.05) is 60.7 Å². The molecule has 3 rings (SSSR count). The summed E-state index contributed by atoms with van der Waals surface area (Å²) in [6.45, 7) is 2.79. The van der Waals surface area contributed by atoms with E-state index in [2.05, 4.69) is 6.92 Å². The average molecular weight is 530 g/mol. The molecule has 1 aliphatic heterocycles. The Kier molecular flexibility index (Phi) is 13.6. The molecule has 4 nitrogen and oxygen atoms in total. The molecule has 1 N–H and O–H groups in total. The zero-order chi connectivity index (χ0) is 27.7. The summed E-state index contributed by atoms with van der Waals surface area (Å²) in [7, 11) is 0. The number of rotatable bonds is 19. The SMILES string of the molecule is CCCCCCCCCCCCCCCCN1C(=O)C(O)=C(C(=O)/C=C/c2ccccc2)[C@H]1c1ccccc1. The second-order valence-electron chi connectivity index (χ2n) is 10.8. The minimum Gasteiger partial charge on any atom is -0.503 e. The predicted molar refractivity (Wildman–Crippen MR) is 161 cm³/mol. The van der Waals surface area contributed by atoms with E-state index in [9.17, 15) is 14.7 Å². The molecule has 210 valence electrons. The number of ketones is 1. The molecule has 4 heteroatoms. The van der Waals surface area contributed by atoms with Crippen molar-refractivity contribution in [3.8, 4) is 0 Å². The fourth-order valence-electron chi connectivity index (χ4n) is 5.42. The molecule has 2 aromatic carbocycles. The molecule has 0 fully saturated rings. The molecule has 0 aromatic heterocycles. The highest BCUT2D eigenvalue weighted by atomic mass is 16.3. The molecular formula is C35H47NO3. The van der Waals surface area contributed by atoms with Crippen LogP contribution >= 0.6 is 0 Å². The Morgan fingerprint density at radius 2 is 1.23 bits per heavy atom. The monoisotopic (exact) mass is 529 g/mol. The van der Waals surface area contributed by atoms with Crippen LogP contribution in [0.4, 0.5) is 0 Å². The lowest BCUT2D eigenvalue weighted by Crippen LogP contribution is -2.32. The maximum Gasteiger partial charge on any atom is 0.290 e. The van der Waals surface area contributed by atoms with E-state index in [0.717, 1.165) is 30.4 Å². The third kappa shape index (κ3) is 9.84. The first kappa shape index (κ1) is 30.4. The molecule has 0 saturated carbocycles. The number of hydrogen-bond acceptors (Lipinski definition) is 3. The molecule has 0 unspecified atom stereocenters. The van der Waals surface area contributed by atoms with Crippen molar-refractivity contribution in [2.45, 2.75) is 103 Å². The van der Waals surface area contributed by atoms with Crippen LogP contribution in [0.15, 0.2) is 78.1 Å². The summed E-state index contributed by atoms with van der Waals surface area (Å²) in [6, 6.07) is 18.6. The van der Waals surface area contributed by atoms with Gasteiger partial charge in [0.25, 0.3) is 5.91 Å². The maximum absolute atomic E-state index is 13.2. The van der Waals surface area contributed by atoms with Crippen LogP contribution in [0.5, 0.6) is 0 Å². The van der Waals surface area contributed by atoms with Crippen molar-refractivity contribution < 1.29 is 14.7 Å². The first-order chi connectivity index (χ1) is 19.1. The Morgan fingerprint density at radius 1 is 0.744 bits per heavy atom. The number of benzene rings is 2. The molecule has 0 bridgehead atoms. The van der Waals surface area contributed by atoms with Gasteiger partial charge in [-0.05, 0) is 23.6 Å². The minimum absolute atomic E-state index is 0.170.